The van der Waals surface area contributed by atoms with Gasteiger partial charge in [-0.1, -0.05) is 6.07 Å². The SMILES string of the molecule is CC(C)NS(=O)(=O)c1cccc(C(=O)N2CCc3sccc3C2C)c1. The molecule has 1 aromatic heterocycles. The van der Waals surface area contributed by atoms with Crippen molar-refractivity contribution in [3.8, 4) is 0 Å². The van der Waals surface area contributed by atoms with Gasteiger partial charge in [0.2, 0.25) is 10.0 Å². The number of amides is 1. The molecule has 7 heteroatoms. The van der Waals surface area contributed by atoms with Gasteiger partial charge in [-0.05, 0) is 62.4 Å². The third-order valence-corrected chi connectivity index (χ3v) is 6.97. The van der Waals surface area contributed by atoms with Crippen LogP contribution in [0.5, 0.6) is 0 Å². The van der Waals surface area contributed by atoms with Gasteiger partial charge in [-0.3, -0.25) is 4.79 Å². The molecular formula is C18H22N2O3S2. The number of carbonyl (C=O) groups is 1. The molecule has 1 aliphatic heterocycles. The van der Waals surface area contributed by atoms with Gasteiger partial charge in [0.15, 0.2) is 0 Å². The molecule has 5 nitrogen and oxygen atoms in total. The van der Waals surface area contributed by atoms with E-state index in [1.807, 2.05) is 11.8 Å². The van der Waals surface area contributed by atoms with E-state index >= 15 is 0 Å². The third kappa shape index (κ3) is 3.63. The number of hydrogen-bond acceptors (Lipinski definition) is 4. The summed E-state index contributed by atoms with van der Waals surface area (Å²) in [4.78, 5) is 16.2. The van der Waals surface area contributed by atoms with Gasteiger partial charge in [-0.2, -0.15) is 0 Å². The summed E-state index contributed by atoms with van der Waals surface area (Å²) in [7, 11) is -3.62. The summed E-state index contributed by atoms with van der Waals surface area (Å²) in [5, 5.41) is 2.06. The second-order valence-electron chi connectivity index (χ2n) is 6.53. The number of carbonyl (C=O) groups excluding carboxylic acids is 1. The maximum absolute atomic E-state index is 13.0. The minimum absolute atomic E-state index is 0.00319. The van der Waals surface area contributed by atoms with E-state index in [1.165, 1.54) is 22.6 Å². The zero-order chi connectivity index (χ0) is 18.2. The molecule has 2 aromatic rings. The maximum atomic E-state index is 13.0. The normalized spacial score (nSPS) is 17.6. The van der Waals surface area contributed by atoms with Gasteiger partial charge in [0.05, 0.1) is 10.9 Å². The second kappa shape index (κ2) is 6.90. The molecule has 1 aliphatic rings. The summed E-state index contributed by atoms with van der Waals surface area (Å²) in [6.45, 7) is 6.19. The molecule has 0 aliphatic carbocycles. The number of benzene rings is 1. The van der Waals surface area contributed by atoms with Crippen LogP contribution < -0.4 is 4.72 Å². The second-order valence-corrected chi connectivity index (χ2v) is 9.24. The van der Waals surface area contributed by atoms with Gasteiger partial charge in [0, 0.05) is 23.0 Å². The van der Waals surface area contributed by atoms with Crippen molar-refractivity contribution in [3.63, 3.8) is 0 Å². The van der Waals surface area contributed by atoms with E-state index in [9.17, 15) is 13.2 Å². The Balaban J connectivity index is 1.88. The number of nitrogens with one attached hydrogen (secondary N) is 1. The lowest BCUT2D eigenvalue weighted by Crippen LogP contribution is -2.38. The predicted octanol–water partition coefficient (Wildman–Crippen LogP) is 3.19. The lowest BCUT2D eigenvalue weighted by atomic mass is 10.0. The topological polar surface area (TPSA) is 66.5 Å². The van der Waals surface area contributed by atoms with Crippen LogP contribution in [0, 0.1) is 0 Å². The first-order chi connectivity index (χ1) is 11.8. The number of sulfonamides is 1. The number of thiophene rings is 1. The van der Waals surface area contributed by atoms with E-state index in [1.54, 1.807) is 37.3 Å². The molecule has 134 valence electrons. The monoisotopic (exact) mass is 378 g/mol. The van der Waals surface area contributed by atoms with Crippen molar-refractivity contribution >= 4 is 27.3 Å². The zero-order valence-corrected chi connectivity index (χ0v) is 16.2. The Hall–Kier alpha value is -1.70. The van der Waals surface area contributed by atoms with Gasteiger partial charge in [-0.15, -0.1) is 11.3 Å². The average molecular weight is 379 g/mol. The Morgan fingerprint density at radius 1 is 1.32 bits per heavy atom. The van der Waals surface area contributed by atoms with Crippen molar-refractivity contribution < 1.29 is 13.2 Å². The maximum Gasteiger partial charge on any atom is 0.254 e. The van der Waals surface area contributed by atoms with Crippen LogP contribution in [-0.2, 0) is 16.4 Å². The fourth-order valence-corrected chi connectivity index (χ4v) is 5.39. The summed E-state index contributed by atoms with van der Waals surface area (Å²) in [6, 6.07) is 8.12. The lowest BCUT2D eigenvalue weighted by Gasteiger charge is -2.33. The van der Waals surface area contributed by atoms with Crippen molar-refractivity contribution in [2.24, 2.45) is 0 Å². The van der Waals surface area contributed by atoms with E-state index in [-0.39, 0.29) is 22.9 Å². The predicted molar refractivity (Wildman–Crippen MR) is 99.4 cm³/mol. The van der Waals surface area contributed by atoms with Gasteiger partial charge in [-0.25, -0.2) is 13.1 Å². The van der Waals surface area contributed by atoms with Gasteiger partial charge in [0.1, 0.15) is 0 Å². The van der Waals surface area contributed by atoms with Crippen molar-refractivity contribution in [3.05, 3.63) is 51.7 Å². The average Bonchev–Trinajstić information content (AvgIpc) is 3.03. The lowest BCUT2D eigenvalue weighted by molar-refractivity contribution is 0.0679. The van der Waals surface area contributed by atoms with Crippen LogP contribution in [0.25, 0.3) is 0 Å². The quantitative estimate of drug-likeness (QED) is 0.888. The van der Waals surface area contributed by atoms with E-state index in [0.29, 0.717) is 12.1 Å². The summed E-state index contributed by atoms with van der Waals surface area (Å²) in [6.07, 6.45) is 0.843. The molecule has 25 heavy (non-hydrogen) atoms. The van der Waals surface area contributed by atoms with Crippen molar-refractivity contribution in [2.45, 2.75) is 44.2 Å². The standard InChI is InChI=1S/C18H22N2O3S2/c1-12(2)19-25(22,23)15-6-4-5-14(11-15)18(21)20-9-7-17-16(13(20)3)8-10-24-17/h4-6,8,10-13,19H,7,9H2,1-3H3. The van der Waals surface area contributed by atoms with Crippen molar-refractivity contribution in [1.29, 1.82) is 0 Å². The van der Waals surface area contributed by atoms with Crippen LogP contribution in [0.3, 0.4) is 0 Å². The van der Waals surface area contributed by atoms with Crippen LogP contribution in [0.2, 0.25) is 0 Å². The van der Waals surface area contributed by atoms with Crippen LogP contribution in [0.1, 0.15) is 47.6 Å². The van der Waals surface area contributed by atoms with E-state index in [0.717, 1.165) is 6.42 Å². The summed E-state index contributed by atoms with van der Waals surface area (Å²) in [5.74, 6) is -0.133. The molecule has 3 rings (SSSR count). The molecule has 0 saturated carbocycles. The summed E-state index contributed by atoms with van der Waals surface area (Å²) < 4.78 is 27.3. The zero-order valence-electron chi connectivity index (χ0n) is 14.5. The van der Waals surface area contributed by atoms with Crippen LogP contribution in [0.15, 0.2) is 40.6 Å². The van der Waals surface area contributed by atoms with Gasteiger partial charge >= 0.3 is 0 Å². The van der Waals surface area contributed by atoms with Crippen LogP contribution >= 0.6 is 11.3 Å². The first kappa shape index (κ1) is 18.1. The number of nitrogens with zero attached hydrogens (tertiary/aromatic N) is 1. The molecule has 0 radical (unpaired) electrons. The van der Waals surface area contributed by atoms with Crippen molar-refractivity contribution in [2.75, 3.05) is 6.54 Å². The van der Waals surface area contributed by atoms with Gasteiger partial charge < -0.3 is 4.90 Å². The van der Waals surface area contributed by atoms with Crippen molar-refractivity contribution in [1.82, 2.24) is 9.62 Å². The molecule has 1 unspecified atom stereocenters. The Kier molecular flexibility index (Phi) is 4.99. The highest BCUT2D eigenvalue weighted by Gasteiger charge is 2.29. The van der Waals surface area contributed by atoms with Crippen LogP contribution in [-0.4, -0.2) is 31.8 Å². The smallest absolute Gasteiger partial charge is 0.254 e. The first-order valence-electron chi connectivity index (χ1n) is 8.29. The minimum Gasteiger partial charge on any atom is -0.331 e. The highest BCUT2D eigenvalue weighted by atomic mass is 32.2. The highest BCUT2D eigenvalue weighted by molar-refractivity contribution is 7.89. The molecule has 0 spiro atoms. The fourth-order valence-electron chi connectivity index (χ4n) is 3.13. The number of fused-ring (bicyclic) bond motifs is 1. The molecular weight excluding hydrogens is 356 g/mol. The van der Waals surface area contributed by atoms with E-state index in [4.69, 9.17) is 0 Å². The number of hydrogen-bond donors (Lipinski definition) is 1. The Morgan fingerprint density at radius 2 is 2.08 bits per heavy atom. The molecule has 0 saturated heterocycles. The molecule has 1 atom stereocenters. The largest absolute Gasteiger partial charge is 0.331 e. The Bertz CT molecular complexity index is 887. The summed E-state index contributed by atoms with van der Waals surface area (Å²) in [5.41, 5.74) is 1.59. The van der Waals surface area contributed by atoms with Gasteiger partial charge in [0.25, 0.3) is 5.91 Å². The minimum atomic E-state index is -3.62. The Labute approximate surface area is 152 Å². The van der Waals surface area contributed by atoms with E-state index < -0.39 is 10.0 Å². The third-order valence-electron chi connectivity index (χ3n) is 4.32. The fraction of sp³-hybridized carbons (Fsp3) is 0.389. The van der Waals surface area contributed by atoms with Crippen LogP contribution in [0.4, 0.5) is 0 Å². The van der Waals surface area contributed by atoms with E-state index in [2.05, 4.69) is 16.2 Å². The molecule has 0 fully saturated rings. The first-order valence-corrected chi connectivity index (χ1v) is 10.7. The number of rotatable bonds is 4. The molecule has 2 heterocycles. The molecule has 1 amide bonds. The molecule has 1 aromatic carbocycles. The Morgan fingerprint density at radius 3 is 2.80 bits per heavy atom. The molecule has 0 bridgehead atoms. The highest BCUT2D eigenvalue weighted by Crippen LogP contribution is 2.33. The summed E-state index contributed by atoms with van der Waals surface area (Å²) >= 11 is 1.72. The molecule has 1 N–H and O–H groups in total.